The molecule has 1 aromatic rings. The second kappa shape index (κ2) is 5.97. The van der Waals surface area contributed by atoms with Crippen LogP contribution in [0.4, 0.5) is 0 Å². The van der Waals surface area contributed by atoms with E-state index in [1.54, 1.807) is 12.1 Å². The van der Waals surface area contributed by atoms with Crippen molar-refractivity contribution in [2.24, 2.45) is 5.10 Å². The molecule has 2 heterocycles. The number of hydrogen-bond donors (Lipinski definition) is 3. The van der Waals surface area contributed by atoms with Gasteiger partial charge in [0.2, 0.25) is 11.8 Å². The molecule has 0 bridgehead atoms. The summed E-state index contributed by atoms with van der Waals surface area (Å²) in [5.74, 6) is 0.0580. The molecule has 1 unspecified atom stereocenters. The first-order chi connectivity index (χ1) is 8.75. The van der Waals surface area contributed by atoms with Gasteiger partial charge in [0.15, 0.2) is 0 Å². The average Bonchev–Trinajstić information content (AvgIpc) is 2.85. The van der Waals surface area contributed by atoms with Crippen LogP contribution in [0.25, 0.3) is 0 Å². The Morgan fingerprint density at radius 3 is 3.22 bits per heavy atom. The summed E-state index contributed by atoms with van der Waals surface area (Å²) < 4.78 is 5.01. The Labute approximate surface area is 104 Å². The maximum absolute atomic E-state index is 11.5. The molecule has 96 valence electrons. The minimum Gasteiger partial charge on any atom is -0.463 e. The van der Waals surface area contributed by atoms with Crippen LogP contribution in [0, 0.1) is 0 Å². The molecule has 0 aromatic carbocycles. The normalized spacial score (nSPS) is 19.8. The van der Waals surface area contributed by atoms with Gasteiger partial charge in [0.25, 0.3) is 0 Å². The zero-order valence-electron chi connectivity index (χ0n) is 9.68. The molecule has 1 atom stereocenters. The Bertz CT molecular complexity index is 441. The molecule has 0 aliphatic carbocycles. The third-order valence-corrected chi connectivity index (χ3v) is 2.45. The Morgan fingerprint density at radius 2 is 2.50 bits per heavy atom. The number of carbonyl (C=O) groups excluding carboxylic acids is 2. The van der Waals surface area contributed by atoms with E-state index in [0.29, 0.717) is 18.8 Å². The van der Waals surface area contributed by atoms with Crippen LogP contribution < -0.4 is 16.1 Å². The Kier molecular flexibility index (Phi) is 4.08. The molecule has 0 saturated carbocycles. The van der Waals surface area contributed by atoms with Crippen molar-refractivity contribution in [1.82, 2.24) is 16.1 Å². The predicted octanol–water partition coefficient (Wildman–Crippen LogP) is -0.792. The van der Waals surface area contributed by atoms with E-state index in [0.717, 1.165) is 0 Å². The largest absolute Gasteiger partial charge is 0.463 e. The van der Waals surface area contributed by atoms with Crippen molar-refractivity contribution in [2.45, 2.75) is 12.5 Å². The van der Waals surface area contributed by atoms with Crippen LogP contribution in [-0.4, -0.2) is 37.2 Å². The van der Waals surface area contributed by atoms with Gasteiger partial charge in [0.1, 0.15) is 5.76 Å². The van der Waals surface area contributed by atoms with E-state index in [4.69, 9.17) is 4.42 Å². The lowest BCUT2D eigenvalue weighted by Gasteiger charge is -2.22. The molecule has 1 aromatic heterocycles. The number of hydrogen-bond acceptors (Lipinski definition) is 5. The average molecular weight is 250 g/mol. The highest BCUT2D eigenvalue weighted by Crippen LogP contribution is 1.97. The van der Waals surface area contributed by atoms with Gasteiger partial charge < -0.3 is 15.1 Å². The van der Waals surface area contributed by atoms with Crippen molar-refractivity contribution in [2.75, 3.05) is 13.1 Å². The minimum absolute atomic E-state index is 0.0569. The molecule has 1 aliphatic rings. The van der Waals surface area contributed by atoms with Crippen LogP contribution >= 0.6 is 0 Å². The fraction of sp³-hybridized carbons (Fsp3) is 0.364. The van der Waals surface area contributed by atoms with Gasteiger partial charge in [0, 0.05) is 13.1 Å². The van der Waals surface area contributed by atoms with E-state index < -0.39 is 6.04 Å². The molecule has 7 heteroatoms. The zero-order chi connectivity index (χ0) is 12.8. The number of nitrogens with zero attached hydrogens (tertiary/aromatic N) is 1. The van der Waals surface area contributed by atoms with E-state index in [9.17, 15) is 9.59 Å². The number of nitrogens with one attached hydrogen (secondary N) is 3. The van der Waals surface area contributed by atoms with E-state index in [2.05, 4.69) is 21.2 Å². The van der Waals surface area contributed by atoms with E-state index >= 15 is 0 Å². The van der Waals surface area contributed by atoms with Gasteiger partial charge in [-0.05, 0) is 12.1 Å². The van der Waals surface area contributed by atoms with Gasteiger partial charge in [0.05, 0.1) is 24.9 Å². The predicted molar refractivity (Wildman–Crippen MR) is 63.9 cm³/mol. The summed E-state index contributed by atoms with van der Waals surface area (Å²) >= 11 is 0. The Morgan fingerprint density at radius 1 is 1.61 bits per heavy atom. The van der Waals surface area contributed by atoms with Crippen molar-refractivity contribution >= 4 is 18.0 Å². The lowest BCUT2D eigenvalue weighted by molar-refractivity contribution is -0.129. The molecule has 0 radical (unpaired) electrons. The number of rotatable bonds is 4. The summed E-state index contributed by atoms with van der Waals surface area (Å²) in [6.07, 6.45) is 2.97. The van der Waals surface area contributed by atoms with E-state index in [-0.39, 0.29) is 18.2 Å². The summed E-state index contributed by atoms with van der Waals surface area (Å²) in [6, 6.07) is 2.95. The van der Waals surface area contributed by atoms with Crippen molar-refractivity contribution in [3.05, 3.63) is 24.2 Å². The summed E-state index contributed by atoms with van der Waals surface area (Å²) in [7, 11) is 0. The molecule has 2 rings (SSSR count). The molecule has 7 nitrogen and oxygen atoms in total. The molecular weight excluding hydrogens is 236 g/mol. The Balaban J connectivity index is 1.76. The molecular formula is C11H14N4O3. The minimum atomic E-state index is -0.488. The van der Waals surface area contributed by atoms with Gasteiger partial charge in [-0.1, -0.05) is 0 Å². The van der Waals surface area contributed by atoms with E-state index in [1.165, 1.54) is 12.5 Å². The van der Waals surface area contributed by atoms with Crippen molar-refractivity contribution in [1.29, 1.82) is 0 Å². The third-order valence-electron chi connectivity index (χ3n) is 2.45. The second-order valence-corrected chi connectivity index (χ2v) is 3.81. The fourth-order valence-corrected chi connectivity index (χ4v) is 1.58. The van der Waals surface area contributed by atoms with Gasteiger partial charge >= 0.3 is 0 Å². The number of furan rings is 1. The highest BCUT2D eigenvalue weighted by molar-refractivity contribution is 5.89. The zero-order valence-corrected chi connectivity index (χ0v) is 9.68. The van der Waals surface area contributed by atoms with Crippen LogP contribution in [-0.2, 0) is 9.59 Å². The van der Waals surface area contributed by atoms with Crippen LogP contribution in [0.15, 0.2) is 27.9 Å². The first kappa shape index (κ1) is 12.3. The molecule has 1 saturated heterocycles. The molecule has 1 aliphatic heterocycles. The number of carbonyl (C=O) groups is 2. The Hall–Kier alpha value is -2.15. The smallest absolute Gasteiger partial charge is 0.242 e. The highest BCUT2D eigenvalue weighted by Gasteiger charge is 2.23. The quantitative estimate of drug-likeness (QED) is 0.482. The summed E-state index contributed by atoms with van der Waals surface area (Å²) in [5, 5.41) is 9.37. The highest BCUT2D eigenvalue weighted by atomic mass is 16.3. The van der Waals surface area contributed by atoms with Crippen LogP contribution in [0.2, 0.25) is 0 Å². The molecule has 18 heavy (non-hydrogen) atoms. The molecule has 0 spiro atoms. The topological polar surface area (TPSA) is 95.7 Å². The fourth-order valence-electron chi connectivity index (χ4n) is 1.58. The summed E-state index contributed by atoms with van der Waals surface area (Å²) in [6.45, 7) is 1.26. The van der Waals surface area contributed by atoms with Crippen LogP contribution in [0.3, 0.4) is 0 Å². The van der Waals surface area contributed by atoms with Crippen LogP contribution in [0.1, 0.15) is 12.2 Å². The maximum Gasteiger partial charge on any atom is 0.242 e. The summed E-state index contributed by atoms with van der Waals surface area (Å²) in [4.78, 5) is 22.9. The molecule has 3 N–H and O–H groups in total. The molecule has 2 amide bonds. The second-order valence-electron chi connectivity index (χ2n) is 3.81. The van der Waals surface area contributed by atoms with Gasteiger partial charge in [-0.2, -0.15) is 5.10 Å². The first-order valence-corrected chi connectivity index (χ1v) is 5.62. The number of amides is 2. The number of piperazine rings is 1. The van der Waals surface area contributed by atoms with Crippen molar-refractivity contribution in [3.8, 4) is 0 Å². The number of hydrazone groups is 1. The first-order valence-electron chi connectivity index (χ1n) is 5.62. The van der Waals surface area contributed by atoms with Gasteiger partial charge in [-0.15, -0.1) is 0 Å². The molecule has 1 fully saturated rings. The standard InChI is InChI=1S/C11H14N4O3/c16-10(6-9-11(17)13-4-3-12-9)15-14-7-8-2-1-5-18-8/h1-2,5,7,9,12H,3-4,6H2,(H,13,17)(H,15,16)/b14-7+. The lowest BCUT2D eigenvalue weighted by atomic mass is 10.1. The van der Waals surface area contributed by atoms with Gasteiger partial charge in [-0.3, -0.25) is 9.59 Å². The third kappa shape index (κ3) is 3.42. The van der Waals surface area contributed by atoms with Crippen molar-refractivity contribution < 1.29 is 14.0 Å². The van der Waals surface area contributed by atoms with Crippen molar-refractivity contribution in [3.63, 3.8) is 0 Å². The van der Waals surface area contributed by atoms with E-state index in [1.807, 2.05) is 0 Å². The SMILES string of the molecule is O=C(CC1NCCNC1=O)N/N=C/c1ccco1. The van der Waals surface area contributed by atoms with Crippen LogP contribution in [0.5, 0.6) is 0 Å². The maximum atomic E-state index is 11.5. The van der Waals surface area contributed by atoms with Gasteiger partial charge in [-0.25, -0.2) is 5.43 Å². The monoisotopic (exact) mass is 250 g/mol. The summed E-state index contributed by atoms with van der Waals surface area (Å²) in [5.41, 5.74) is 2.34. The lowest BCUT2D eigenvalue weighted by Crippen LogP contribution is -2.54.